The average Bonchev–Trinajstić information content (AvgIpc) is 2.79. The van der Waals surface area contributed by atoms with Crippen molar-refractivity contribution in [3.05, 3.63) is 28.2 Å². The maximum Gasteiger partial charge on any atom is 0.319 e. The third-order valence-corrected chi connectivity index (χ3v) is 4.03. The predicted octanol–water partition coefficient (Wildman–Crippen LogP) is 3.42. The Morgan fingerprint density at radius 2 is 1.95 bits per heavy atom. The van der Waals surface area contributed by atoms with E-state index in [0.29, 0.717) is 15.7 Å². The van der Waals surface area contributed by atoms with Crippen LogP contribution in [0.1, 0.15) is 25.7 Å². The molecular weight excluding hydrogens is 287 g/mol. The second-order valence-corrected chi connectivity index (χ2v) is 5.68. The highest BCUT2D eigenvalue weighted by molar-refractivity contribution is 6.42. The van der Waals surface area contributed by atoms with Crippen LogP contribution in [0, 0.1) is 0 Å². The van der Waals surface area contributed by atoms with Crippen molar-refractivity contribution in [2.24, 2.45) is 0 Å². The van der Waals surface area contributed by atoms with Gasteiger partial charge in [-0.1, -0.05) is 36.0 Å². The van der Waals surface area contributed by atoms with E-state index >= 15 is 0 Å². The van der Waals surface area contributed by atoms with Crippen molar-refractivity contribution >= 4 is 34.9 Å². The van der Waals surface area contributed by atoms with E-state index in [1.54, 1.807) is 18.2 Å². The number of carbonyl (C=O) groups excluding carboxylic acids is 1. The normalized spacial score (nSPS) is 17.2. The fourth-order valence-electron chi connectivity index (χ4n) is 2.20. The highest BCUT2D eigenvalue weighted by Crippen LogP contribution is 2.28. The lowest BCUT2D eigenvalue weighted by molar-refractivity contribution is 0.0506. The molecule has 0 saturated heterocycles. The van der Waals surface area contributed by atoms with Gasteiger partial charge in [-0.2, -0.15) is 0 Å². The standard InChI is InChI=1S/C13H16Cl2N2O2/c14-10-4-3-9(7-11(10)15)17-12(18)16-8-13(19)5-1-2-6-13/h3-4,7,19H,1-2,5-6,8H2,(H2,16,17,18). The Morgan fingerprint density at radius 3 is 2.58 bits per heavy atom. The number of anilines is 1. The number of amides is 2. The van der Waals surface area contributed by atoms with Crippen LogP contribution in [0.3, 0.4) is 0 Å². The van der Waals surface area contributed by atoms with Gasteiger partial charge in [0.2, 0.25) is 0 Å². The number of halogens is 2. The molecule has 1 fully saturated rings. The van der Waals surface area contributed by atoms with Crippen molar-refractivity contribution < 1.29 is 9.90 Å². The highest BCUT2D eigenvalue weighted by atomic mass is 35.5. The van der Waals surface area contributed by atoms with Crippen LogP contribution in [-0.2, 0) is 0 Å². The third kappa shape index (κ3) is 4.00. The van der Waals surface area contributed by atoms with E-state index in [0.717, 1.165) is 25.7 Å². The Morgan fingerprint density at radius 1 is 1.26 bits per heavy atom. The summed E-state index contributed by atoms with van der Waals surface area (Å²) in [6, 6.07) is 4.49. The molecule has 1 aromatic rings. The SMILES string of the molecule is O=C(NCC1(O)CCCC1)Nc1ccc(Cl)c(Cl)c1. The van der Waals surface area contributed by atoms with Crippen LogP contribution < -0.4 is 10.6 Å². The number of hydrogen-bond acceptors (Lipinski definition) is 2. The second-order valence-electron chi connectivity index (χ2n) is 4.87. The number of urea groups is 1. The van der Waals surface area contributed by atoms with E-state index in [9.17, 15) is 9.90 Å². The molecule has 6 heteroatoms. The van der Waals surface area contributed by atoms with Crippen LogP contribution in [-0.4, -0.2) is 23.3 Å². The van der Waals surface area contributed by atoms with Gasteiger partial charge in [-0.15, -0.1) is 0 Å². The van der Waals surface area contributed by atoms with Crippen LogP contribution in [0.4, 0.5) is 10.5 Å². The number of rotatable bonds is 3. The second kappa shape index (κ2) is 5.99. The fraction of sp³-hybridized carbons (Fsp3) is 0.462. The molecule has 0 unspecified atom stereocenters. The molecule has 3 N–H and O–H groups in total. The van der Waals surface area contributed by atoms with Crippen molar-refractivity contribution in [3.8, 4) is 0 Å². The molecule has 2 amide bonds. The van der Waals surface area contributed by atoms with Gasteiger partial charge in [0.05, 0.1) is 15.6 Å². The summed E-state index contributed by atoms with van der Waals surface area (Å²) in [5, 5.41) is 16.2. The molecule has 0 radical (unpaired) electrons. The van der Waals surface area contributed by atoms with Gasteiger partial charge in [0, 0.05) is 12.2 Å². The Hall–Kier alpha value is -0.970. The molecular formula is C13H16Cl2N2O2. The van der Waals surface area contributed by atoms with Crippen molar-refractivity contribution in [1.29, 1.82) is 0 Å². The topological polar surface area (TPSA) is 61.4 Å². The first kappa shape index (κ1) is 14.4. The Labute approximate surface area is 122 Å². The van der Waals surface area contributed by atoms with Gasteiger partial charge in [0.1, 0.15) is 0 Å². The van der Waals surface area contributed by atoms with Crippen LogP contribution >= 0.6 is 23.2 Å². The number of nitrogens with one attached hydrogen (secondary N) is 2. The van der Waals surface area contributed by atoms with Gasteiger partial charge in [0.25, 0.3) is 0 Å². The Kier molecular flexibility index (Phi) is 4.55. The van der Waals surface area contributed by atoms with Gasteiger partial charge in [0.15, 0.2) is 0 Å². The minimum absolute atomic E-state index is 0.264. The van der Waals surface area contributed by atoms with E-state index in [1.807, 2.05) is 0 Å². The number of hydrogen-bond donors (Lipinski definition) is 3. The van der Waals surface area contributed by atoms with E-state index in [2.05, 4.69) is 10.6 Å². The summed E-state index contributed by atoms with van der Waals surface area (Å²) < 4.78 is 0. The lowest BCUT2D eigenvalue weighted by Gasteiger charge is -2.22. The number of carbonyl (C=O) groups is 1. The molecule has 0 aromatic heterocycles. The fourth-order valence-corrected chi connectivity index (χ4v) is 2.50. The molecule has 1 aromatic carbocycles. The summed E-state index contributed by atoms with van der Waals surface area (Å²) in [5.74, 6) is 0. The minimum atomic E-state index is -0.755. The molecule has 0 atom stereocenters. The molecule has 1 aliphatic carbocycles. The largest absolute Gasteiger partial charge is 0.388 e. The van der Waals surface area contributed by atoms with E-state index < -0.39 is 5.60 Å². The van der Waals surface area contributed by atoms with Crippen LogP contribution in [0.2, 0.25) is 10.0 Å². The molecule has 1 saturated carbocycles. The van der Waals surface area contributed by atoms with Gasteiger partial charge < -0.3 is 15.7 Å². The molecule has 104 valence electrons. The summed E-state index contributed by atoms with van der Waals surface area (Å²) >= 11 is 11.6. The summed E-state index contributed by atoms with van der Waals surface area (Å²) in [6.45, 7) is 0.264. The lowest BCUT2D eigenvalue weighted by Crippen LogP contribution is -2.42. The maximum atomic E-state index is 11.7. The molecule has 0 aliphatic heterocycles. The zero-order chi connectivity index (χ0) is 13.9. The lowest BCUT2D eigenvalue weighted by atomic mass is 10.0. The first-order chi connectivity index (χ1) is 8.98. The van der Waals surface area contributed by atoms with Crippen molar-refractivity contribution in [2.45, 2.75) is 31.3 Å². The molecule has 1 aliphatic rings. The molecule has 0 spiro atoms. The van der Waals surface area contributed by atoms with Gasteiger partial charge in [-0.25, -0.2) is 4.79 Å². The van der Waals surface area contributed by atoms with E-state index in [4.69, 9.17) is 23.2 Å². The zero-order valence-corrected chi connectivity index (χ0v) is 11.9. The van der Waals surface area contributed by atoms with Crippen molar-refractivity contribution in [2.75, 3.05) is 11.9 Å². The predicted molar refractivity (Wildman–Crippen MR) is 76.9 cm³/mol. The quantitative estimate of drug-likeness (QED) is 0.801. The Bertz CT molecular complexity index is 474. The van der Waals surface area contributed by atoms with Crippen LogP contribution in [0.5, 0.6) is 0 Å². The van der Waals surface area contributed by atoms with Crippen LogP contribution in [0.15, 0.2) is 18.2 Å². The molecule has 0 bridgehead atoms. The first-order valence-electron chi connectivity index (χ1n) is 6.21. The number of benzene rings is 1. The monoisotopic (exact) mass is 302 g/mol. The summed E-state index contributed by atoms with van der Waals surface area (Å²) in [5.41, 5.74) is -0.195. The van der Waals surface area contributed by atoms with E-state index in [1.165, 1.54) is 0 Å². The van der Waals surface area contributed by atoms with Crippen molar-refractivity contribution in [1.82, 2.24) is 5.32 Å². The molecule has 4 nitrogen and oxygen atoms in total. The average molecular weight is 303 g/mol. The molecule has 2 rings (SSSR count). The summed E-state index contributed by atoms with van der Waals surface area (Å²) in [6.07, 6.45) is 3.49. The summed E-state index contributed by atoms with van der Waals surface area (Å²) in [7, 11) is 0. The first-order valence-corrected chi connectivity index (χ1v) is 6.96. The maximum absolute atomic E-state index is 11.7. The smallest absolute Gasteiger partial charge is 0.319 e. The minimum Gasteiger partial charge on any atom is -0.388 e. The zero-order valence-electron chi connectivity index (χ0n) is 10.4. The summed E-state index contributed by atoms with van der Waals surface area (Å²) in [4.78, 5) is 11.7. The van der Waals surface area contributed by atoms with Crippen molar-refractivity contribution in [3.63, 3.8) is 0 Å². The highest BCUT2D eigenvalue weighted by Gasteiger charge is 2.31. The van der Waals surface area contributed by atoms with Gasteiger partial charge in [-0.05, 0) is 31.0 Å². The van der Waals surface area contributed by atoms with Gasteiger partial charge in [-0.3, -0.25) is 0 Å². The van der Waals surface area contributed by atoms with Crippen LogP contribution in [0.25, 0.3) is 0 Å². The number of aliphatic hydroxyl groups is 1. The van der Waals surface area contributed by atoms with E-state index in [-0.39, 0.29) is 12.6 Å². The third-order valence-electron chi connectivity index (χ3n) is 3.29. The molecule has 0 heterocycles. The van der Waals surface area contributed by atoms with Gasteiger partial charge >= 0.3 is 6.03 Å². The Balaban J connectivity index is 1.85. The molecule has 19 heavy (non-hydrogen) atoms.